The number of allylic oxidation sites excluding steroid dienone is 1. The van der Waals surface area contributed by atoms with Crippen molar-refractivity contribution in [3.63, 3.8) is 0 Å². The summed E-state index contributed by atoms with van der Waals surface area (Å²) in [4.78, 5) is 4.43. The first-order valence-corrected chi connectivity index (χ1v) is 7.02. The number of fused-ring (bicyclic) bond motifs is 1. The second-order valence-corrected chi connectivity index (χ2v) is 5.38. The van der Waals surface area contributed by atoms with Crippen LogP contribution in [0.4, 0.5) is 5.69 Å². The molecule has 4 nitrogen and oxygen atoms in total. The van der Waals surface area contributed by atoms with Crippen LogP contribution in [0.15, 0.2) is 34.3 Å². The highest BCUT2D eigenvalue weighted by atomic mass is 32.2. The normalized spacial score (nSPS) is 9.50. The number of nitriles is 2. The van der Waals surface area contributed by atoms with Gasteiger partial charge in [-0.3, -0.25) is 0 Å². The van der Waals surface area contributed by atoms with Crippen LogP contribution in [0.1, 0.15) is 0 Å². The van der Waals surface area contributed by atoms with Crippen LogP contribution in [0, 0.1) is 22.7 Å². The van der Waals surface area contributed by atoms with Crippen LogP contribution in [0.25, 0.3) is 10.2 Å². The van der Waals surface area contributed by atoms with E-state index in [0.29, 0.717) is 0 Å². The Labute approximate surface area is 113 Å². The number of hydrogen-bond donors (Lipinski definition) is 1. The summed E-state index contributed by atoms with van der Waals surface area (Å²) in [6.07, 6.45) is 3.39. The van der Waals surface area contributed by atoms with Crippen molar-refractivity contribution in [1.82, 2.24) is 4.98 Å². The lowest BCUT2D eigenvalue weighted by atomic mass is 10.3. The first kappa shape index (κ1) is 12.4. The molecule has 0 aliphatic heterocycles. The van der Waals surface area contributed by atoms with Crippen molar-refractivity contribution in [3.8, 4) is 12.1 Å². The zero-order valence-corrected chi connectivity index (χ0v) is 11.1. The summed E-state index contributed by atoms with van der Waals surface area (Å²) in [5, 5.41) is 20.2. The SMILES string of the molecule is CSc1nc2ccc(NC=C(C#N)C#N)cc2s1. The third-order valence-corrected chi connectivity index (χ3v) is 4.17. The van der Waals surface area contributed by atoms with E-state index in [-0.39, 0.29) is 5.57 Å². The predicted molar refractivity (Wildman–Crippen MR) is 74.3 cm³/mol. The Morgan fingerprint density at radius 2 is 2.22 bits per heavy atom. The molecule has 0 amide bonds. The number of nitrogens with one attached hydrogen (secondary N) is 1. The van der Waals surface area contributed by atoms with Gasteiger partial charge in [-0.2, -0.15) is 10.5 Å². The number of rotatable bonds is 3. The van der Waals surface area contributed by atoms with Crippen molar-refractivity contribution >= 4 is 39.0 Å². The number of benzene rings is 1. The predicted octanol–water partition coefficient (Wildman–Crippen LogP) is 3.36. The maximum Gasteiger partial charge on any atom is 0.150 e. The number of thioether (sulfide) groups is 1. The van der Waals surface area contributed by atoms with Gasteiger partial charge in [0.25, 0.3) is 0 Å². The van der Waals surface area contributed by atoms with Crippen LogP contribution in [0.2, 0.25) is 0 Å². The molecule has 0 aliphatic carbocycles. The molecule has 0 spiro atoms. The molecule has 0 unspecified atom stereocenters. The monoisotopic (exact) mass is 272 g/mol. The third-order valence-electron chi connectivity index (χ3n) is 2.17. The maximum absolute atomic E-state index is 8.62. The van der Waals surface area contributed by atoms with E-state index in [1.165, 1.54) is 6.20 Å². The second kappa shape index (κ2) is 5.54. The van der Waals surface area contributed by atoms with Crippen molar-refractivity contribution in [1.29, 1.82) is 10.5 Å². The van der Waals surface area contributed by atoms with Crippen molar-refractivity contribution in [2.45, 2.75) is 4.34 Å². The molecule has 0 aliphatic rings. The lowest BCUT2D eigenvalue weighted by Crippen LogP contribution is -1.89. The van der Waals surface area contributed by atoms with Crippen molar-refractivity contribution in [3.05, 3.63) is 30.0 Å². The summed E-state index contributed by atoms with van der Waals surface area (Å²) in [6.45, 7) is 0. The van der Waals surface area contributed by atoms with E-state index in [9.17, 15) is 0 Å². The van der Waals surface area contributed by atoms with Gasteiger partial charge in [0.2, 0.25) is 0 Å². The van der Waals surface area contributed by atoms with Gasteiger partial charge in [-0.1, -0.05) is 11.8 Å². The fourth-order valence-corrected chi connectivity index (χ4v) is 2.85. The van der Waals surface area contributed by atoms with Gasteiger partial charge in [0, 0.05) is 11.9 Å². The minimum atomic E-state index is 0.0456. The first-order valence-electron chi connectivity index (χ1n) is 4.98. The number of hydrogen-bond acceptors (Lipinski definition) is 6. The Balaban J connectivity index is 2.28. The molecule has 0 atom stereocenters. The van der Waals surface area contributed by atoms with Gasteiger partial charge in [0.15, 0.2) is 4.34 Å². The average molecular weight is 272 g/mol. The molecule has 1 N–H and O–H groups in total. The van der Waals surface area contributed by atoms with Crippen LogP contribution in [-0.2, 0) is 0 Å². The summed E-state index contributed by atoms with van der Waals surface area (Å²) < 4.78 is 2.10. The molecule has 18 heavy (non-hydrogen) atoms. The summed E-state index contributed by atoms with van der Waals surface area (Å²) in [7, 11) is 0. The van der Waals surface area contributed by atoms with E-state index < -0.39 is 0 Å². The summed E-state index contributed by atoms with van der Waals surface area (Å²) in [5.74, 6) is 0. The molecule has 1 aromatic carbocycles. The Morgan fingerprint density at radius 1 is 1.44 bits per heavy atom. The lowest BCUT2D eigenvalue weighted by molar-refractivity contribution is 1.31. The molecule has 6 heteroatoms. The molecule has 88 valence electrons. The maximum atomic E-state index is 8.62. The van der Waals surface area contributed by atoms with Crippen molar-refractivity contribution in [2.75, 3.05) is 11.6 Å². The molecular weight excluding hydrogens is 264 g/mol. The van der Waals surface area contributed by atoms with E-state index in [4.69, 9.17) is 10.5 Å². The van der Waals surface area contributed by atoms with Crippen molar-refractivity contribution < 1.29 is 0 Å². The summed E-state index contributed by atoms with van der Waals surface area (Å²) in [5.41, 5.74) is 1.84. The quantitative estimate of drug-likeness (QED) is 0.685. The zero-order chi connectivity index (χ0) is 13.0. The largest absolute Gasteiger partial charge is 0.360 e. The highest BCUT2D eigenvalue weighted by Crippen LogP contribution is 2.29. The number of thiazole rings is 1. The highest BCUT2D eigenvalue weighted by Gasteiger charge is 2.03. The lowest BCUT2D eigenvalue weighted by Gasteiger charge is -1.99. The number of aromatic nitrogens is 1. The summed E-state index contributed by atoms with van der Waals surface area (Å²) >= 11 is 3.23. The van der Waals surface area contributed by atoms with Gasteiger partial charge in [-0.25, -0.2) is 4.98 Å². The minimum Gasteiger partial charge on any atom is -0.360 e. The highest BCUT2D eigenvalue weighted by molar-refractivity contribution is 8.00. The first-order chi connectivity index (χ1) is 8.76. The smallest absolute Gasteiger partial charge is 0.150 e. The Kier molecular flexibility index (Phi) is 3.83. The molecule has 0 saturated heterocycles. The zero-order valence-electron chi connectivity index (χ0n) is 9.47. The van der Waals surface area contributed by atoms with E-state index in [1.54, 1.807) is 35.2 Å². The van der Waals surface area contributed by atoms with E-state index in [1.807, 2.05) is 24.5 Å². The molecule has 1 heterocycles. The van der Waals surface area contributed by atoms with Crippen LogP contribution < -0.4 is 5.32 Å². The number of anilines is 1. The molecule has 0 radical (unpaired) electrons. The molecule has 0 saturated carbocycles. The van der Waals surface area contributed by atoms with E-state index >= 15 is 0 Å². The Morgan fingerprint density at radius 3 is 2.89 bits per heavy atom. The van der Waals surface area contributed by atoms with Crippen LogP contribution >= 0.6 is 23.1 Å². The van der Waals surface area contributed by atoms with E-state index in [0.717, 1.165) is 20.2 Å². The Hall–Kier alpha value is -2.02. The van der Waals surface area contributed by atoms with Crippen LogP contribution in [0.5, 0.6) is 0 Å². The van der Waals surface area contributed by atoms with Gasteiger partial charge in [0.05, 0.1) is 10.2 Å². The van der Waals surface area contributed by atoms with Gasteiger partial charge in [-0.15, -0.1) is 11.3 Å². The van der Waals surface area contributed by atoms with Gasteiger partial charge in [0.1, 0.15) is 17.7 Å². The van der Waals surface area contributed by atoms with Gasteiger partial charge < -0.3 is 5.32 Å². The standard InChI is InChI=1S/C12H8N4S2/c1-17-12-16-10-3-2-9(4-11(10)18-12)15-7-8(5-13)6-14/h2-4,7,15H,1H3. The topological polar surface area (TPSA) is 72.5 Å². The molecule has 0 fully saturated rings. The molecular formula is C12H8N4S2. The van der Waals surface area contributed by atoms with Crippen LogP contribution in [0.3, 0.4) is 0 Å². The average Bonchev–Trinajstić information content (AvgIpc) is 2.82. The molecule has 2 rings (SSSR count). The molecule has 1 aromatic heterocycles. The summed E-state index contributed by atoms with van der Waals surface area (Å²) in [6, 6.07) is 9.33. The van der Waals surface area contributed by atoms with Crippen LogP contribution in [-0.4, -0.2) is 11.2 Å². The minimum absolute atomic E-state index is 0.0456. The number of nitrogens with zero attached hydrogens (tertiary/aromatic N) is 3. The van der Waals surface area contributed by atoms with Gasteiger partial charge >= 0.3 is 0 Å². The fourth-order valence-electron chi connectivity index (χ4n) is 1.33. The molecule has 0 bridgehead atoms. The van der Waals surface area contributed by atoms with E-state index in [2.05, 4.69) is 10.3 Å². The van der Waals surface area contributed by atoms with Crippen molar-refractivity contribution in [2.24, 2.45) is 0 Å². The second-order valence-electron chi connectivity index (χ2n) is 3.29. The fraction of sp³-hybridized carbons (Fsp3) is 0.0833. The Bertz CT molecular complexity index is 672. The third kappa shape index (κ3) is 2.62. The molecule has 2 aromatic rings. The van der Waals surface area contributed by atoms with Gasteiger partial charge in [-0.05, 0) is 24.5 Å².